The number of ether oxygens (including phenoxy) is 1. The van der Waals surface area contributed by atoms with Gasteiger partial charge in [-0.2, -0.15) is 0 Å². The molecular formula is C15H19ClNOPS. The minimum atomic E-state index is 0.204. The molecule has 1 atom stereocenters. The monoisotopic (exact) mass is 327 g/mol. The molecule has 1 aromatic carbocycles. The van der Waals surface area contributed by atoms with Crippen LogP contribution in [0.25, 0.3) is 11.3 Å². The number of hydrogen-bond donors (Lipinski definition) is 0. The molecule has 20 heavy (non-hydrogen) atoms. The first-order valence-corrected chi connectivity index (χ1v) is 8.16. The summed E-state index contributed by atoms with van der Waals surface area (Å²) in [4.78, 5) is 5.71. The number of benzene rings is 1. The molecule has 0 bridgehead atoms. The summed E-state index contributed by atoms with van der Waals surface area (Å²) in [6, 6.07) is 6.09. The first kappa shape index (κ1) is 15.8. The van der Waals surface area contributed by atoms with Crippen molar-refractivity contribution in [3.8, 4) is 17.0 Å². The van der Waals surface area contributed by atoms with Crippen LogP contribution in [-0.2, 0) is 6.42 Å². The summed E-state index contributed by atoms with van der Waals surface area (Å²) < 4.78 is 5.97. The van der Waals surface area contributed by atoms with E-state index in [1.54, 1.807) is 18.4 Å². The van der Waals surface area contributed by atoms with Crippen LogP contribution in [0.4, 0.5) is 0 Å². The van der Waals surface area contributed by atoms with Gasteiger partial charge in [0.25, 0.3) is 0 Å². The highest BCUT2D eigenvalue weighted by atomic mass is 35.5. The molecule has 1 unspecified atom stereocenters. The molecule has 2 aromatic rings. The third-order valence-electron chi connectivity index (χ3n) is 2.87. The minimum absolute atomic E-state index is 0.204. The van der Waals surface area contributed by atoms with Crippen molar-refractivity contribution in [1.29, 1.82) is 0 Å². The van der Waals surface area contributed by atoms with Gasteiger partial charge in [0.2, 0.25) is 0 Å². The Labute approximate surface area is 131 Å². The van der Waals surface area contributed by atoms with Gasteiger partial charge in [0.15, 0.2) is 4.47 Å². The van der Waals surface area contributed by atoms with Gasteiger partial charge in [-0.05, 0) is 17.9 Å². The lowest BCUT2D eigenvalue weighted by molar-refractivity contribution is 0.414. The van der Waals surface area contributed by atoms with Crippen LogP contribution in [0.2, 0.25) is 4.47 Å². The summed E-state index contributed by atoms with van der Waals surface area (Å²) >= 11 is 7.68. The normalized spacial score (nSPS) is 11.7. The van der Waals surface area contributed by atoms with Gasteiger partial charge in [-0.1, -0.05) is 44.5 Å². The Bertz CT molecular complexity index is 619. The van der Waals surface area contributed by atoms with E-state index in [1.165, 1.54) is 4.88 Å². The highest BCUT2D eigenvalue weighted by Gasteiger charge is 2.19. The van der Waals surface area contributed by atoms with E-state index in [1.807, 2.05) is 12.1 Å². The van der Waals surface area contributed by atoms with Crippen LogP contribution in [0.3, 0.4) is 0 Å². The van der Waals surface area contributed by atoms with Crippen molar-refractivity contribution in [2.24, 2.45) is 5.41 Å². The van der Waals surface area contributed by atoms with Gasteiger partial charge in [-0.15, -0.1) is 20.6 Å². The second-order valence-corrected chi connectivity index (χ2v) is 8.22. The van der Waals surface area contributed by atoms with E-state index < -0.39 is 0 Å². The van der Waals surface area contributed by atoms with E-state index in [-0.39, 0.29) is 5.41 Å². The SMILES string of the molecule is COc1cc(-c2nc(Cl)sc2CC(C)(C)C)ccc1P. The number of halogens is 1. The highest BCUT2D eigenvalue weighted by Crippen LogP contribution is 2.36. The molecule has 1 aromatic heterocycles. The molecule has 1 heterocycles. The van der Waals surface area contributed by atoms with Crippen molar-refractivity contribution < 1.29 is 4.74 Å². The quantitative estimate of drug-likeness (QED) is 0.771. The Balaban J connectivity index is 2.47. The molecule has 0 spiro atoms. The molecule has 0 saturated carbocycles. The Morgan fingerprint density at radius 1 is 1.35 bits per heavy atom. The second-order valence-electron chi connectivity index (χ2n) is 5.93. The van der Waals surface area contributed by atoms with Crippen molar-refractivity contribution in [3.05, 3.63) is 27.5 Å². The molecule has 0 amide bonds. The third-order valence-corrected chi connectivity index (χ3v) is 4.51. The molecule has 5 heteroatoms. The standard InChI is InChI=1S/C15H19ClNOPS/c1-15(2,3)8-12-13(17-14(16)20-12)9-5-6-11(19)10(7-9)18-4/h5-7H,8,19H2,1-4H3. The molecule has 0 aliphatic carbocycles. The lowest BCUT2D eigenvalue weighted by Crippen LogP contribution is -2.08. The fraction of sp³-hybridized carbons (Fsp3) is 0.400. The summed E-state index contributed by atoms with van der Waals surface area (Å²) in [5, 5.41) is 1.04. The van der Waals surface area contributed by atoms with E-state index in [0.29, 0.717) is 4.47 Å². The van der Waals surface area contributed by atoms with Gasteiger partial charge < -0.3 is 4.74 Å². The maximum atomic E-state index is 6.12. The van der Waals surface area contributed by atoms with Crippen LogP contribution < -0.4 is 10.0 Å². The van der Waals surface area contributed by atoms with Gasteiger partial charge in [-0.3, -0.25) is 0 Å². The molecule has 0 fully saturated rings. The summed E-state index contributed by atoms with van der Waals surface area (Å²) in [7, 11) is 4.35. The van der Waals surface area contributed by atoms with Crippen molar-refractivity contribution in [2.45, 2.75) is 27.2 Å². The zero-order chi connectivity index (χ0) is 14.9. The zero-order valence-electron chi connectivity index (χ0n) is 12.2. The number of rotatable bonds is 3. The Kier molecular flexibility index (Phi) is 4.73. The van der Waals surface area contributed by atoms with Crippen LogP contribution >= 0.6 is 32.2 Å². The van der Waals surface area contributed by atoms with Crippen molar-refractivity contribution in [1.82, 2.24) is 4.98 Å². The largest absolute Gasteiger partial charge is 0.496 e. The van der Waals surface area contributed by atoms with Crippen LogP contribution in [0.15, 0.2) is 18.2 Å². The van der Waals surface area contributed by atoms with Gasteiger partial charge in [0, 0.05) is 15.7 Å². The first-order valence-electron chi connectivity index (χ1n) is 6.39. The Hall–Kier alpha value is -0.630. The maximum Gasteiger partial charge on any atom is 0.184 e. The Morgan fingerprint density at radius 2 is 2.05 bits per heavy atom. The molecule has 0 saturated heterocycles. The van der Waals surface area contributed by atoms with Crippen LogP contribution in [-0.4, -0.2) is 12.1 Å². The third kappa shape index (κ3) is 3.72. The molecule has 0 aliphatic rings. The molecule has 0 radical (unpaired) electrons. The molecule has 0 N–H and O–H groups in total. The van der Waals surface area contributed by atoms with E-state index in [9.17, 15) is 0 Å². The van der Waals surface area contributed by atoms with Crippen LogP contribution in [0.5, 0.6) is 5.75 Å². The molecule has 108 valence electrons. The first-order chi connectivity index (χ1) is 9.30. The topological polar surface area (TPSA) is 22.1 Å². The molecule has 0 aliphatic heterocycles. The second kappa shape index (κ2) is 6.01. The molecular weight excluding hydrogens is 309 g/mol. The average molecular weight is 328 g/mol. The molecule has 2 nitrogen and oxygen atoms in total. The minimum Gasteiger partial charge on any atom is -0.496 e. The fourth-order valence-electron chi connectivity index (χ4n) is 2.01. The van der Waals surface area contributed by atoms with E-state index >= 15 is 0 Å². The van der Waals surface area contributed by atoms with E-state index in [4.69, 9.17) is 16.3 Å². The fourth-order valence-corrected chi connectivity index (χ4v) is 3.78. The van der Waals surface area contributed by atoms with Crippen LogP contribution in [0, 0.1) is 5.41 Å². The zero-order valence-corrected chi connectivity index (χ0v) is 14.9. The number of thiazole rings is 1. The number of hydrogen-bond acceptors (Lipinski definition) is 3. The van der Waals surface area contributed by atoms with Gasteiger partial charge in [0.05, 0.1) is 12.8 Å². The highest BCUT2D eigenvalue weighted by molar-refractivity contribution is 7.27. The smallest absolute Gasteiger partial charge is 0.184 e. The number of methoxy groups -OCH3 is 1. The summed E-state index contributed by atoms with van der Waals surface area (Å²) in [5.41, 5.74) is 2.23. The van der Waals surface area contributed by atoms with E-state index in [2.05, 4.69) is 41.1 Å². The van der Waals surface area contributed by atoms with Crippen LogP contribution in [0.1, 0.15) is 25.6 Å². The van der Waals surface area contributed by atoms with Crippen molar-refractivity contribution in [3.63, 3.8) is 0 Å². The lowest BCUT2D eigenvalue weighted by Gasteiger charge is -2.17. The predicted octanol–water partition coefficient (Wildman–Crippen LogP) is 4.56. The summed E-state index contributed by atoms with van der Waals surface area (Å²) in [6.45, 7) is 6.66. The summed E-state index contributed by atoms with van der Waals surface area (Å²) in [6.07, 6.45) is 0.956. The average Bonchev–Trinajstić information content (AvgIpc) is 2.68. The van der Waals surface area contributed by atoms with Gasteiger partial charge in [0.1, 0.15) is 5.75 Å². The van der Waals surface area contributed by atoms with Crippen molar-refractivity contribution >= 4 is 37.5 Å². The predicted molar refractivity (Wildman–Crippen MR) is 91.6 cm³/mol. The van der Waals surface area contributed by atoms with Crippen molar-refractivity contribution in [2.75, 3.05) is 7.11 Å². The van der Waals surface area contributed by atoms with E-state index in [0.717, 1.165) is 28.7 Å². The Morgan fingerprint density at radius 3 is 2.65 bits per heavy atom. The van der Waals surface area contributed by atoms with Gasteiger partial charge >= 0.3 is 0 Å². The molecule has 2 rings (SSSR count). The maximum absolute atomic E-state index is 6.12. The summed E-state index contributed by atoms with van der Waals surface area (Å²) in [5.74, 6) is 0.846. The lowest BCUT2D eigenvalue weighted by atomic mass is 9.90. The number of nitrogens with zero attached hydrogens (tertiary/aromatic N) is 1. The number of aromatic nitrogens is 1. The van der Waals surface area contributed by atoms with Gasteiger partial charge in [-0.25, -0.2) is 4.98 Å².